The van der Waals surface area contributed by atoms with Crippen molar-refractivity contribution in [2.24, 2.45) is 0 Å². The number of hydrogen-bond donors (Lipinski definition) is 0. The maximum atomic E-state index is 2.27. The van der Waals surface area contributed by atoms with Crippen molar-refractivity contribution in [1.29, 1.82) is 0 Å². The molecule has 0 atom stereocenters. The van der Waals surface area contributed by atoms with Gasteiger partial charge in [0.25, 0.3) is 0 Å². The van der Waals surface area contributed by atoms with Gasteiger partial charge in [-0.05, 0) is 42.2 Å². The molecule has 0 unspecified atom stereocenters. The zero-order chi connectivity index (χ0) is 13.9. The fourth-order valence-corrected chi connectivity index (χ4v) is 2.65. The smallest absolute Gasteiger partial charge is 0.0178 e. The summed E-state index contributed by atoms with van der Waals surface area (Å²) in [7, 11) is 0. The maximum absolute atomic E-state index is 2.27. The molecule has 0 aliphatic carbocycles. The third kappa shape index (κ3) is 3.56. The van der Waals surface area contributed by atoms with Gasteiger partial charge in [-0.2, -0.15) is 13.5 Å². The predicted octanol–water partition coefficient (Wildman–Crippen LogP) is 5.75. The third-order valence-electron chi connectivity index (χ3n) is 3.52. The lowest BCUT2D eigenvalue weighted by molar-refractivity contribution is 1.38. The van der Waals surface area contributed by atoms with Gasteiger partial charge in [-0.3, -0.25) is 0 Å². The Morgan fingerprint density at radius 3 is 1.62 bits per heavy atom. The van der Waals surface area contributed by atoms with E-state index in [0.717, 1.165) is 0 Å². The van der Waals surface area contributed by atoms with E-state index in [4.69, 9.17) is 0 Å². The molecule has 1 heteroatoms. The van der Waals surface area contributed by atoms with Gasteiger partial charge in [0.1, 0.15) is 0 Å². The Bertz CT molecular complexity index is 710. The summed E-state index contributed by atoms with van der Waals surface area (Å²) in [5, 5.41) is 0. The predicted molar refractivity (Wildman–Crippen MR) is 97.2 cm³/mol. The Labute approximate surface area is 133 Å². The van der Waals surface area contributed by atoms with Crippen LogP contribution in [-0.4, -0.2) is 0 Å². The lowest BCUT2D eigenvalue weighted by Crippen LogP contribution is -1.84. The summed E-state index contributed by atoms with van der Waals surface area (Å²) in [6.07, 6.45) is 0. The SMILES string of the molecule is Cc1cc(C)cc(-c2cccc(-c3ccccc3)c2)c1.S. The normalized spacial score (nSPS) is 10.0. The van der Waals surface area contributed by atoms with E-state index < -0.39 is 0 Å². The van der Waals surface area contributed by atoms with E-state index in [9.17, 15) is 0 Å². The quantitative estimate of drug-likeness (QED) is 0.564. The molecule has 0 N–H and O–H groups in total. The summed E-state index contributed by atoms with van der Waals surface area (Å²) < 4.78 is 0. The zero-order valence-electron chi connectivity index (χ0n) is 12.4. The minimum absolute atomic E-state index is 0. The highest BCUT2D eigenvalue weighted by Gasteiger charge is 2.02. The highest BCUT2D eigenvalue weighted by atomic mass is 32.1. The zero-order valence-corrected chi connectivity index (χ0v) is 13.4. The molecule has 0 radical (unpaired) electrons. The van der Waals surface area contributed by atoms with Crippen LogP contribution < -0.4 is 0 Å². The van der Waals surface area contributed by atoms with Crippen molar-refractivity contribution in [2.45, 2.75) is 13.8 Å². The summed E-state index contributed by atoms with van der Waals surface area (Å²) in [5.41, 5.74) is 7.72. The van der Waals surface area contributed by atoms with Crippen LogP contribution in [0.3, 0.4) is 0 Å². The minimum Gasteiger partial charge on any atom is -0.197 e. The Morgan fingerprint density at radius 1 is 0.476 bits per heavy atom. The van der Waals surface area contributed by atoms with Gasteiger partial charge in [-0.25, -0.2) is 0 Å². The molecule has 3 rings (SSSR count). The van der Waals surface area contributed by atoms with Crippen LogP contribution in [0, 0.1) is 13.8 Å². The molecule has 0 bridgehead atoms. The second-order valence-electron chi connectivity index (χ2n) is 5.32. The standard InChI is InChI=1S/C20H18.H2S/c1-15-11-16(2)13-20(12-15)19-10-6-9-18(14-19)17-7-4-3-5-8-17;/h3-14H,1-2H3;1H2. The molecule has 0 heterocycles. The Morgan fingerprint density at radius 2 is 1.00 bits per heavy atom. The van der Waals surface area contributed by atoms with Gasteiger partial charge in [0.05, 0.1) is 0 Å². The molecule has 3 aromatic rings. The third-order valence-corrected chi connectivity index (χ3v) is 3.52. The topological polar surface area (TPSA) is 0 Å². The van der Waals surface area contributed by atoms with Crippen LogP contribution in [0.5, 0.6) is 0 Å². The summed E-state index contributed by atoms with van der Waals surface area (Å²) in [4.78, 5) is 0. The lowest BCUT2D eigenvalue weighted by atomic mass is 9.97. The second kappa shape index (κ2) is 6.64. The number of aryl methyl sites for hydroxylation is 2. The summed E-state index contributed by atoms with van der Waals surface area (Å²) in [6, 6.07) is 26.0. The van der Waals surface area contributed by atoms with Crippen molar-refractivity contribution in [3.05, 3.63) is 83.9 Å². The lowest BCUT2D eigenvalue weighted by Gasteiger charge is -2.08. The summed E-state index contributed by atoms with van der Waals surface area (Å²) in [5.74, 6) is 0. The van der Waals surface area contributed by atoms with E-state index >= 15 is 0 Å². The van der Waals surface area contributed by atoms with Gasteiger partial charge < -0.3 is 0 Å². The van der Waals surface area contributed by atoms with E-state index in [-0.39, 0.29) is 13.5 Å². The molecular formula is C20H20S. The Balaban J connectivity index is 0.00000161. The number of hydrogen-bond acceptors (Lipinski definition) is 0. The van der Waals surface area contributed by atoms with Crippen LogP contribution in [0.25, 0.3) is 22.3 Å². The van der Waals surface area contributed by atoms with E-state index in [1.807, 2.05) is 0 Å². The molecule has 0 amide bonds. The summed E-state index contributed by atoms with van der Waals surface area (Å²) >= 11 is 0. The first kappa shape index (κ1) is 15.4. The summed E-state index contributed by atoms with van der Waals surface area (Å²) in [6.45, 7) is 4.30. The van der Waals surface area contributed by atoms with Gasteiger partial charge in [0, 0.05) is 0 Å². The largest absolute Gasteiger partial charge is 0.197 e. The second-order valence-corrected chi connectivity index (χ2v) is 5.32. The fourth-order valence-electron chi connectivity index (χ4n) is 2.65. The first-order valence-electron chi connectivity index (χ1n) is 6.96. The van der Waals surface area contributed by atoms with Gasteiger partial charge in [0.15, 0.2) is 0 Å². The van der Waals surface area contributed by atoms with Crippen molar-refractivity contribution in [3.63, 3.8) is 0 Å². The molecule has 0 spiro atoms. The van der Waals surface area contributed by atoms with Gasteiger partial charge >= 0.3 is 0 Å². The first-order valence-corrected chi connectivity index (χ1v) is 6.96. The van der Waals surface area contributed by atoms with Crippen LogP contribution in [0.1, 0.15) is 11.1 Å². The first-order chi connectivity index (χ1) is 9.72. The van der Waals surface area contributed by atoms with Crippen LogP contribution in [-0.2, 0) is 0 Å². The highest BCUT2D eigenvalue weighted by molar-refractivity contribution is 7.59. The Kier molecular flexibility index (Phi) is 4.87. The molecule has 0 nitrogen and oxygen atoms in total. The average molecular weight is 292 g/mol. The molecule has 0 saturated heterocycles. The molecule has 0 saturated carbocycles. The Hall–Kier alpha value is -1.99. The maximum Gasteiger partial charge on any atom is -0.0178 e. The fraction of sp³-hybridized carbons (Fsp3) is 0.100. The average Bonchev–Trinajstić information content (AvgIpc) is 2.47. The van der Waals surface area contributed by atoms with E-state index in [0.29, 0.717) is 0 Å². The minimum atomic E-state index is 0. The van der Waals surface area contributed by atoms with Crippen LogP contribution in [0.15, 0.2) is 72.8 Å². The molecule has 3 aromatic carbocycles. The van der Waals surface area contributed by atoms with Gasteiger partial charge in [-0.15, -0.1) is 0 Å². The van der Waals surface area contributed by atoms with Crippen molar-refractivity contribution in [1.82, 2.24) is 0 Å². The molecule has 0 aliphatic rings. The van der Waals surface area contributed by atoms with E-state index in [1.54, 1.807) is 0 Å². The molecule has 0 fully saturated rings. The van der Waals surface area contributed by atoms with Crippen LogP contribution >= 0.6 is 13.5 Å². The van der Waals surface area contributed by atoms with Crippen molar-refractivity contribution < 1.29 is 0 Å². The van der Waals surface area contributed by atoms with Crippen molar-refractivity contribution >= 4 is 13.5 Å². The number of rotatable bonds is 2. The van der Waals surface area contributed by atoms with Gasteiger partial charge in [0.2, 0.25) is 0 Å². The van der Waals surface area contributed by atoms with Crippen molar-refractivity contribution in [2.75, 3.05) is 0 Å². The van der Waals surface area contributed by atoms with Crippen LogP contribution in [0.2, 0.25) is 0 Å². The van der Waals surface area contributed by atoms with Crippen LogP contribution in [0.4, 0.5) is 0 Å². The van der Waals surface area contributed by atoms with E-state index in [1.165, 1.54) is 33.4 Å². The molecule has 106 valence electrons. The molecule has 0 aliphatic heterocycles. The molecular weight excluding hydrogens is 272 g/mol. The van der Waals surface area contributed by atoms with Crippen molar-refractivity contribution in [3.8, 4) is 22.3 Å². The molecule has 0 aromatic heterocycles. The molecule has 21 heavy (non-hydrogen) atoms. The van der Waals surface area contributed by atoms with E-state index in [2.05, 4.69) is 86.6 Å². The highest BCUT2D eigenvalue weighted by Crippen LogP contribution is 2.27. The monoisotopic (exact) mass is 292 g/mol. The van der Waals surface area contributed by atoms with Gasteiger partial charge in [-0.1, -0.05) is 77.9 Å². The number of benzene rings is 3.